The molecular weight excluding hydrogens is 456 g/mol. The number of hydrogen-bond donors (Lipinski definition) is 1. The number of anilines is 1. The Hall–Kier alpha value is -4.36. The monoisotopic (exact) mass is 474 g/mol. The Morgan fingerprint density at radius 3 is 2.44 bits per heavy atom. The molecule has 4 rings (SSSR count). The van der Waals surface area contributed by atoms with Gasteiger partial charge in [0.25, 0.3) is 11.8 Å². The van der Waals surface area contributed by atoms with Crippen molar-refractivity contribution < 1.29 is 23.9 Å². The molecule has 170 valence electrons. The third kappa shape index (κ3) is 5.16. The first-order valence-electron chi connectivity index (χ1n) is 10.2. The molecule has 8 heteroatoms. The fourth-order valence-corrected chi connectivity index (χ4v) is 3.40. The molecule has 1 aliphatic heterocycles. The maximum atomic E-state index is 12.9. The largest absolute Gasteiger partial charge is 0.497 e. The number of carbonyl (C=O) groups is 3. The summed E-state index contributed by atoms with van der Waals surface area (Å²) in [7, 11) is 1.57. The number of methoxy groups -OCH3 is 1. The van der Waals surface area contributed by atoms with E-state index in [1.54, 1.807) is 73.8 Å². The summed E-state index contributed by atoms with van der Waals surface area (Å²) in [4.78, 5) is 37.8. The highest BCUT2D eigenvalue weighted by Gasteiger charge is 2.34. The summed E-state index contributed by atoms with van der Waals surface area (Å²) in [6.07, 6.45) is 4.22. The van der Waals surface area contributed by atoms with Crippen molar-refractivity contribution >= 4 is 47.2 Å². The van der Waals surface area contributed by atoms with Crippen LogP contribution in [0.4, 0.5) is 5.69 Å². The Kier molecular flexibility index (Phi) is 6.75. The number of halogens is 1. The summed E-state index contributed by atoms with van der Waals surface area (Å²) in [5, 5.41) is 1.51. The van der Waals surface area contributed by atoms with Crippen LogP contribution in [0.25, 0.3) is 12.2 Å². The highest BCUT2D eigenvalue weighted by Crippen LogP contribution is 2.28. The molecule has 7 nitrogen and oxygen atoms in total. The van der Waals surface area contributed by atoms with E-state index in [2.05, 4.69) is 5.43 Å². The molecule has 0 atom stereocenters. The molecule has 1 N–H and O–H groups in total. The average molecular weight is 475 g/mol. The van der Waals surface area contributed by atoms with Gasteiger partial charge in [0.15, 0.2) is 0 Å². The number of carbonyl (C=O) groups excluding carboxylic acids is 3. The molecule has 1 fully saturated rings. The number of amides is 2. The van der Waals surface area contributed by atoms with Gasteiger partial charge in [-0.15, -0.1) is 0 Å². The van der Waals surface area contributed by atoms with Crippen molar-refractivity contribution in [2.24, 2.45) is 0 Å². The van der Waals surface area contributed by atoms with E-state index in [0.717, 1.165) is 10.6 Å². The van der Waals surface area contributed by atoms with Crippen LogP contribution in [0.2, 0.25) is 5.02 Å². The predicted octanol–water partition coefficient (Wildman–Crippen LogP) is 4.43. The van der Waals surface area contributed by atoms with E-state index in [9.17, 15) is 14.4 Å². The number of hydrazine groups is 1. The van der Waals surface area contributed by atoms with Crippen molar-refractivity contribution in [2.75, 3.05) is 12.1 Å². The summed E-state index contributed by atoms with van der Waals surface area (Å²) in [6, 6.07) is 20.4. The van der Waals surface area contributed by atoms with Gasteiger partial charge < -0.3 is 9.47 Å². The number of rotatable bonds is 6. The van der Waals surface area contributed by atoms with Gasteiger partial charge in [0.2, 0.25) is 0 Å². The van der Waals surface area contributed by atoms with Crippen LogP contribution in [0.1, 0.15) is 11.1 Å². The van der Waals surface area contributed by atoms with Crippen molar-refractivity contribution in [3.05, 3.63) is 101 Å². The zero-order valence-electron chi connectivity index (χ0n) is 18.0. The van der Waals surface area contributed by atoms with E-state index in [1.807, 2.05) is 0 Å². The lowest BCUT2D eigenvalue weighted by atomic mass is 10.1. The zero-order chi connectivity index (χ0) is 24.1. The average Bonchev–Trinajstić information content (AvgIpc) is 3.13. The third-order valence-electron chi connectivity index (χ3n) is 4.92. The Bertz CT molecular complexity index is 1300. The first kappa shape index (κ1) is 22.8. The molecule has 1 saturated heterocycles. The van der Waals surface area contributed by atoms with Crippen molar-refractivity contribution in [1.29, 1.82) is 0 Å². The molecule has 2 amide bonds. The second kappa shape index (κ2) is 10.1. The number of nitrogens with one attached hydrogen (secondary N) is 1. The smallest absolute Gasteiger partial charge is 0.336 e. The van der Waals surface area contributed by atoms with E-state index in [4.69, 9.17) is 21.1 Å². The topological polar surface area (TPSA) is 84.9 Å². The Morgan fingerprint density at radius 2 is 1.74 bits per heavy atom. The van der Waals surface area contributed by atoms with Crippen molar-refractivity contribution in [1.82, 2.24) is 5.43 Å². The molecule has 3 aromatic rings. The number of hydrogen-bond acceptors (Lipinski definition) is 5. The third-order valence-corrected chi connectivity index (χ3v) is 5.15. The molecule has 0 aliphatic carbocycles. The Balaban J connectivity index is 1.55. The number of para-hydroxylation sites is 1. The van der Waals surface area contributed by atoms with Gasteiger partial charge in [0.1, 0.15) is 17.1 Å². The van der Waals surface area contributed by atoms with Crippen molar-refractivity contribution in [3.63, 3.8) is 0 Å². The molecule has 34 heavy (non-hydrogen) atoms. The van der Waals surface area contributed by atoms with Crippen LogP contribution >= 0.6 is 11.6 Å². The molecule has 0 aromatic heterocycles. The Labute approximate surface area is 200 Å². The van der Waals surface area contributed by atoms with Crippen LogP contribution in [-0.4, -0.2) is 24.9 Å². The lowest BCUT2D eigenvalue weighted by Crippen LogP contribution is -2.35. The van der Waals surface area contributed by atoms with Crippen LogP contribution in [-0.2, 0) is 14.4 Å². The summed E-state index contributed by atoms with van der Waals surface area (Å²) in [5.74, 6) is -0.890. The second-order valence-corrected chi connectivity index (χ2v) is 7.62. The predicted molar refractivity (Wildman–Crippen MR) is 129 cm³/mol. The lowest BCUT2D eigenvalue weighted by Gasteiger charge is -2.13. The van der Waals surface area contributed by atoms with Gasteiger partial charge in [-0.3, -0.25) is 15.0 Å². The summed E-state index contributed by atoms with van der Waals surface area (Å²) < 4.78 is 10.6. The van der Waals surface area contributed by atoms with E-state index < -0.39 is 17.8 Å². The van der Waals surface area contributed by atoms with Gasteiger partial charge >= 0.3 is 5.97 Å². The van der Waals surface area contributed by atoms with Crippen molar-refractivity contribution in [2.45, 2.75) is 0 Å². The minimum atomic E-state index is -0.633. The normalized spacial score (nSPS) is 14.5. The van der Waals surface area contributed by atoms with Gasteiger partial charge in [0.05, 0.1) is 12.8 Å². The second-order valence-electron chi connectivity index (χ2n) is 7.18. The SMILES string of the molecule is COc1ccc(/C=C/C(=O)Oc2ccc(Cl)cc2/C=C2/C(=O)NN(c3ccccc3)C2=O)cc1. The fourth-order valence-electron chi connectivity index (χ4n) is 3.22. The fraction of sp³-hybridized carbons (Fsp3) is 0.0385. The molecule has 3 aromatic carbocycles. The minimum Gasteiger partial charge on any atom is -0.497 e. The van der Waals surface area contributed by atoms with Crippen LogP contribution in [0.15, 0.2) is 84.4 Å². The quantitative estimate of drug-likeness (QED) is 0.247. The first-order chi connectivity index (χ1) is 16.4. The Morgan fingerprint density at radius 1 is 1.00 bits per heavy atom. The van der Waals surface area contributed by atoms with Crippen LogP contribution in [0.3, 0.4) is 0 Å². The number of ether oxygens (including phenoxy) is 2. The molecule has 0 unspecified atom stereocenters. The molecule has 0 radical (unpaired) electrons. The molecule has 0 bridgehead atoms. The van der Waals surface area contributed by atoms with E-state index in [0.29, 0.717) is 22.0 Å². The molecular formula is C26H19ClN2O5. The van der Waals surface area contributed by atoms with Gasteiger partial charge in [-0.1, -0.05) is 41.9 Å². The van der Waals surface area contributed by atoms with E-state index in [-0.39, 0.29) is 11.3 Å². The lowest BCUT2D eigenvalue weighted by molar-refractivity contribution is -0.129. The van der Waals surface area contributed by atoms with Crippen LogP contribution in [0.5, 0.6) is 11.5 Å². The molecule has 0 spiro atoms. The van der Waals surface area contributed by atoms with E-state index in [1.165, 1.54) is 24.3 Å². The van der Waals surface area contributed by atoms with Crippen molar-refractivity contribution in [3.8, 4) is 11.5 Å². The number of benzene rings is 3. The maximum Gasteiger partial charge on any atom is 0.336 e. The standard InChI is InChI=1S/C26H19ClN2O5/c1-33-21-11-7-17(8-12-21)9-14-24(30)34-23-13-10-19(27)15-18(23)16-22-25(31)28-29(26(22)32)20-5-3-2-4-6-20/h2-16H,1H3,(H,28,31)/b14-9+,22-16-. The first-order valence-corrected chi connectivity index (χ1v) is 10.6. The van der Waals surface area contributed by atoms with Crippen LogP contribution in [0, 0.1) is 0 Å². The molecule has 0 saturated carbocycles. The summed E-state index contributed by atoms with van der Waals surface area (Å²) >= 11 is 6.11. The summed E-state index contributed by atoms with van der Waals surface area (Å²) in [6.45, 7) is 0. The van der Waals surface area contributed by atoms with Gasteiger partial charge in [-0.05, 0) is 60.2 Å². The van der Waals surface area contributed by atoms with Gasteiger partial charge in [0, 0.05) is 16.7 Å². The zero-order valence-corrected chi connectivity index (χ0v) is 18.8. The maximum absolute atomic E-state index is 12.9. The van der Waals surface area contributed by atoms with Gasteiger partial charge in [-0.2, -0.15) is 0 Å². The van der Waals surface area contributed by atoms with Gasteiger partial charge in [-0.25, -0.2) is 9.80 Å². The minimum absolute atomic E-state index is 0.114. The van der Waals surface area contributed by atoms with E-state index >= 15 is 0 Å². The van der Waals surface area contributed by atoms with Crippen LogP contribution < -0.4 is 19.9 Å². The number of esters is 1. The highest BCUT2D eigenvalue weighted by molar-refractivity contribution is 6.32. The number of nitrogens with zero attached hydrogens (tertiary/aromatic N) is 1. The highest BCUT2D eigenvalue weighted by atomic mass is 35.5. The molecule has 1 heterocycles. The summed E-state index contributed by atoms with van der Waals surface area (Å²) in [5.41, 5.74) is 4.03. The molecule has 1 aliphatic rings.